The monoisotopic (exact) mass is 325 g/mol. The van der Waals surface area contributed by atoms with E-state index in [0.29, 0.717) is 5.56 Å². The van der Waals surface area contributed by atoms with E-state index < -0.39 is 21.9 Å². The van der Waals surface area contributed by atoms with Gasteiger partial charge in [-0.25, -0.2) is 17.5 Å². The predicted octanol–water partition coefficient (Wildman–Crippen LogP) is 2.36. The third kappa shape index (κ3) is 3.72. The molecule has 1 aromatic heterocycles. The molecule has 0 aliphatic heterocycles. The van der Waals surface area contributed by atoms with Crippen molar-refractivity contribution in [3.8, 4) is 0 Å². The van der Waals surface area contributed by atoms with Crippen molar-refractivity contribution >= 4 is 10.0 Å². The van der Waals surface area contributed by atoms with Gasteiger partial charge in [-0.1, -0.05) is 12.1 Å². The Bertz CT molecular complexity index is 784. The number of halogens is 1. The maximum Gasteiger partial charge on any atom is 0.216 e. The van der Waals surface area contributed by atoms with Crippen molar-refractivity contribution in [2.24, 2.45) is 7.05 Å². The van der Waals surface area contributed by atoms with Crippen LogP contribution in [0.3, 0.4) is 0 Å². The molecule has 1 heterocycles. The molecule has 2 aromatic rings. The molecule has 5 nitrogen and oxygen atoms in total. The maximum absolute atomic E-state index is 13.2. The minimum atomic E-state index is -3.58. The molecule has 2 rings (SSSR count). The highest BCUT2D eigenvalue weighted by Gasteiger charge is 2.21. The van der Waals surface area contributed by atoms with Crippen molar-refractivity contribution in [1.29, 1.82) is 0 Å². The average Bonchev–Trinajstić information content (AvgIpc) is 2.61. The highest BCUT2D eigenvalue weighted by molar-refractivity contribution is 7.88. The van der Waals surface area contributed by atoms with Gasteiger partial charge in [-0.15, -0.1) is 0 Å². The number of aromatic nitrogens is 2. The summed E-state index contributed by atoms with van der Waals surface area (Å²) in [6, 6.07) is 5.21. The molecule has 7 heteroatoms. The van der Waals surface area contributed by atoms with Crippen LogP contribution >= 0.6 is 0 Å². The maximum atomic E-state index is 13.2. The van der Waals surface area contributed by atoms with Gasteiger partial charge < -0.3 is 0 Å². The quantitative estimate of drug-likeness (QED) is 0.918. The lowest BCUT2D eigenvalue weighted by atomic mass is 10.1. The summed E-state index contributed by atoms with van der Waals surface area (Å²) >= 11 is 0. The summed E-state index contributed by atoms with van der Waals surface area (Å²) in [7, 11) is -1.76. The smallest absolute Gasteiger partial charge is 0.216 e. The molecular formula is C15H20FN3O2S. The van der Waals surface area contributed by atoms with Gasteiger partial charge in [0.2, 0.25) is 10.0 Å². The van der Waals surface area contributed by atoms with Crippen molar-refractivity contribution in [3.63, 3.8) is 0 Å². The topological polar surface area (TPSA) is 64.0 Å². The van der Waals surface area contributed by atoms with Crippen LogP contribution in [0.5, 0.6) is 0 Å². The molecule has 0 aliphatic carbocycles. The van der Waals surface area contributed by atoms with Crippen molar-refractivity contribution in [2.45, 2.75) is 32.6 Å². The van der Waals surface area contributed by atoms with E-state index in [2.05, 4.69) is 9.82 Å². The lowest BCUT2D eigenvalue weighted by molar-refractivity contribution is 0.564. The Morgan fingerprint density at radius 2 is 2.05 bits per heavy atom. The van der Waals surface area contributed by atoms with Gasteiger partial charge in [0.15, 0.2) is 0 Å². The Labute approximate surface area is 130 Å². The van der Waals surface area contributed by atoms with E-state index in [-0.39, 0.29) is 5.75 Å². The van der Waals surface area contributed by atoms with Crippen molar-refractivity contribution in [3.05, 3.63) is 52.6 Å². The van der Waals surface area contributed by atoms with E-state index in [1.807, 2.05) is 20.9 Å². The molecule has 0 amide bonds. The second-order valence-corrected chi connectivity index (χ2v) is 7.19. The molecule has 0 saturated carbocycles. The second kappa shape index (κ2) is 6.18. The van der Waals surface area contributed by atoms with Crippen molar-refractivity contribution in [1.82, 2.24) is 14.5 Å². The van der Waals surface area contributed by atoms with Crippen LogP contribution in [0.4, 0.5) is 4.39 Å². The second-order valence-electron chi connectivity index (χ2n) is 5.44. The zero-order valence-corrected chi connectivity index (χ0v) is 13.9. The average molecular weight is 325 g/mol. The third-order valence-electron chi connectivity index (χ3n) is 3.60. The van der Waals surface area contributed by atoms with E-state index in [0.717, 1.165) is 17.0 Å². The van der Waals surface area contributed by atoms with Crippen LogP contribution < -0.4 is 4.72 Å². The molecule has 0 fully saturated rings. The SMILES string of the molecule is Cc1nn(C)c(C)c1[C@@H](C)NS(=O)(=O)Cc1cccc(F)c1. The number of hydrogen-bond acceptors (Lipinski definition) is 3. The third-order valence-corrected chi connectivity index (χ3v) is 5.03. The summed E-state index contributed by atoms with van der Waals surface area (Å²) in [5, 5.41) is 4.29. The highest BCUT2D eigenvalue weighted by atomic mass is 32.2. The Morgan fingerprint density at radius 1 is 1.36 bits per heavy atom. The molecule has 1 N–H and O–H groups in total. The molecule has 0 spiro atoms. The van der Waals surface area contributed by atoms with E-state index in [4.69, 9.17) is 0 Å². The molecule has 0 radical (unpaired) electrons. The predicted molar refractivity (Wildman–Crippen MR) is 83.3 cm³/mol. The minimum Gasteiger partial charge on any atom is -0.272 e. The first-order valence-electron chi connectivity index (χ1n) is 6.94. The van der Waals surface area contributed by atoms with E-state index >= 15 is 0 Å². The minimum absolute atomic E-state index is 0.256. The van der Waals surface area contributed by atoms with Gasteiger partial charge >= 0.3 is 0 Å². The van der Waals surface area contributed by atoms with Crippen LogP contribution in [-0.4, -0.2) is 18.2 Å². The van der Waals surface area contributed by atoms with Crippen LogP contribution in [0.1, 0.15) is 35.5 Å². The Balaban J connectivity index is 2.18. The van der Waals surface area contributed by atoms with E-state index in [1.165, 1.54) is 18.2 Å². The standard InChI is InChI=1S/C15H20FN3O2S/c1-10-15(12(3)19(4)17-10)11(2)18-22(20,21)9-13-6-5-7-14(16)8-13/h5-8,11,18H,9H2,1-4H3/t11-/m1/s1. The summed E-state index contributed by atoms with van der Waals surface area (Å²) in [4.78, 5) is 0. The van der Waals surface area contributed by atoms with E-state index in [1.54, 1.807) is 17.7 Å². The lowest BCUT2D eigenvalue weighted by Gasteiger charge is -2.15. The fourth-order valence-corrected chi connectivity index (χ4v) is 3.99. The van der Waals surface area contributed by atoms with Gasteiger partial charge in [-0.3, -0.25) is 4.68 Å². The number of sulfonamides is 1. The Hall–Kier alpha value is -1.73. The first-order valence-corrected chi connectivity index (χ1v) is 8.59. The van der Waals surface area contributed by atoms with Gasteiger partial charge in [-0.05, 0) is 38.5 Å². The first-order chi connectivity index (χ1) is 10.2. The molecule has 0 aliphatic rings. The molecule has 1 aromatic carbocycles. The van der Waals surface area contributed by atoms with Crippen LogP contribution in [0.25, 0.3) is 0 Å². The van der Waals surface area contributed by atoms with Crippen molar-refractivity contribution in [2.75, 3.05) is 0 Å². The largest absolute Gasteiger partial charge is 0.272 e. The Morgan fingerprint density at radius 3 is 2.59 bits per heavy atom. The number of nitrogens with one attached hydrogen (secondary N) is 1. The van der Waals surface area contributed by atoms with Gasteiger partial charge in [0.05, 0.1) is 11.4 Å². The number of aryl methyl sites for hydroxylation is 2. The van der Waals surface area contributed by atoms with Gasteiger partial charge in [0.25, 0.3) is 0 Å². The highest BCUT2D eigenvalue weighted by Crippen LogP contribution is 2.22. The zero-order chi connectivity index (χ0) is 16.5. The summed E-state index contributed by atoms with van der Waals surface area (Å²) in [6.45, 7) is 5.52. The molecule has 1 atom stereocenters. The number of rotatable bonds is 5. The molecule has 0 bridgehead atoms. The van der Waals surface area contributed by atoms with Crippen LogP contribution in [0.2, 0.25) is 0 Å². The number of nitrogens with zero attached hydrogens (tertiary/aromatic N) is 2. The number of hydrogen-bond donors (Lipinski definition) is 1. The zero-order valence-electron chi connectivity index (χ0n) is 13.1. The van der Waals surface area contributed by atoms with Gasteiger partial charge in [-0.2, -0.15) is 5.10 Å². The Kier molecular flexibility index (Phi) is 4.67. The fraction of sp³-hybridized carbons (Fsp3) is 0.400. The first kappa shape index (κ1) is 16.6. The van der Waals surface area contributed by atoms with Crippen LogP contribution in [-0.2, 0) is 22.8 Å². The van der Waals surface area contributed by atoms with E-state index in [9.17, 15) is 12.8 Å². The lowest BCUT2D eigenvalue weighted by Crippen LogP contribution is -2.28. The summed E-state index contributed by atoms with van der Waals surface area (Å²) < 4.78 is 42.0. The normalized spacial score (nSPS) is 13.3. The number of benzene rings is 1. The molecular weight excluding hydrogens is 305 g/mol. The van der Waals surface area contributed by atoms with Crippen LogP contribution in [0, 0.1) is 19.7 Å². The molecule has 120 valence electrons. The van der Waals surface area contributed by atoms with Crippen molar-refractivity contribution < 1.29 is 12.8 Å². The summed E-state index contributed by atoms with van der Waals surface area (Å²) in [5.41, 5.74) is 2.99. The van der Waals surface area contributed by atoms with Gasteiger partial charge in [0, 0.05) is 24.3 Å². The van der Waals surface area contributed by atoms with Gasteiger partial charge in [0.1, 0.15) is 5.82 Å². The molecule has 0 unspecified atom stereocenters. The summed E-state index contributed by atoms with van der Waals surface area (Å²) in [6.07, 6.45) is 0. The molecule has 22 heavy (non-hydrogen) atoms. The van der Waals surface area contributed by atoms with Crippen LogP contribution in [0.15, 0.2) is 24.3 Å². The fourth-order valence-electron chi connectivity index (χ4n) is 2.63. The molecule has 0 saturated heterocycles. The summed E-state index contributed by atoms with van der Waals surface area (Å²) in [5.74, 6) is -0.701.